The lowest BCUT2D eigenvalue weighted by Gasteiger charge is -2.09. The zero-order valence-corrected chi connectivity index (χ0v) is 27.0. The van der Waals surface area contributed by atoms with Crippen LogP contribution in [0, 0.1) is 0 Å². The van der Waals surface area contributed by atoms with E-state index in [4.69, 9.17) is 24.6 Å². The van der Waals surface area contributed by atoms with Gasteiger partial charge < -0.3 is 14.6 Å². The van der Waals surface area contributed by atoms with E-state index in [2.05, 4.69) is 91.0 Å². The second-order valence-electron chi connectivity index (χ2n) is 12.3. The van der Waals surface area contributed by atoms with Gasteiger partial charge in [-0.15, -0.1) is 11.3 Å². The summed E-state index contributed by atoms with van der Waals surface area (Å²) in [5.74, 6) is 0.944. The highest BCUT2D eigenvalue weighted by Gasteiger charge is 2.21. The molecule has 10 rings (SSSR count). The summed E-state index contributed by atoms with van der Waals surface area (Å²) >= 11 is 1.71. The van der Waals surface area contributed by atoms with E-state index in [0.29, 0.717) is 18.2 Å². The van der Waals surface area contributed by atoms with E-state index in [1.54, 1.807) is 11.3 Å². The van der Waals surface area contributed by atoms with E-state index >= 15 is 0 Å². The van der Waals surface area contributed by atoms with Crippen molar-refractivity contribution in [2.75, 3.05) is 0 Å². The summed E-state index contributed by atoms with van der Waals surface area (Å²) in [7, 11) is 0. The number of nitrogens with two attached hydrogens (primary N) is 1. The number of benzene rings is 7. The quantitative estimate of drug-likeness (QED) is 0.152. The first-order valence-electron chi connectivity index (χ1n) is 16.2. The number of hydrogen-bond acceptors (Lipinski definition) is 4. The van der Waals surface area contributed by atoms with Gasteiger partial charge in [-0.05, 0) is 52.7 Å². The van der Waals surface area contributed by atoms with Crippen LogP contribution in [0.2, 0.25) is 0 Å². The van der Waals surface area contributed by atoms with E-state index in [0.717, 1.165) is 76.0 Å². The van der Waals surface area contributed by atoms with Crippen LogP contribution in [0.5, 0.6) is 0 Å². The molecule has 2 N–H and O–H groups in total. The molecule has 6 heteroatoms. The Balaban J connectivity index is 1.22. The van der Waals surface area contributed by atoms with Crippen molar-refractivity contribution < 1.29 is 8.83 Å². The number of rotatable bonds is 4. The molecule has 232 valence electrons. The number of thiophene rings is 1. The van der Waals surface area contributed by atoms with Gasteiger partial charge in [0, 0.05) is 48.1 Å². The molecule has 10 aromatic rings. The number of para-hydroxylation sites is 2. The van der Waals surface area contributed by atoms with Crippen molar-refractivity contribution >= 4 is 97.8 Å². The summed E-state index contributed by atoms with van der Waals surface area (Å²) in [5, 5.41) is 8.60. The van der Waals surface area contributed by atoms with E-state index in [1.165, 1.54) is 15.5 Å². The lowest BCUT2D eigenvalue weighted by Crippen LogP contribution is -2.17. The van der Waals surface area contributed by atoms with E-state index in [9.17, 15) is 0 Å². The van der Waals surface area contributed by atoms with E-state index in [-0.39, 0.29) is 0 Å². The first-order chi connectivity index (χ1) is 24.2. The molecule has 3 aromatic heterocycles. The van der Waals surface area contributed by atoms with Gasteiger partial charge in [-0.3, -0.25) is 4.99 Å². The summed E-state index contributed by atoms with van der Waals surface area (Å²) in [6.07, 6.45) is 0. The Hall–Kier alpha value is -6.24. The molecule has 0 atom stereocenters. The number of nitrogens with zero attached hydrogens (tertiary/aromatic N) is 2. The Kier molecular flexibility index (Phi) is 6.19. The summed E-state index contributed by atoms with van der Waals surface area (Å²) in [4.78, 5) is 10.4. The van der Waals surface area contributed by atoms with Crippen LogP contribution in [0.1, 0.15) is 16.7 Å². The van der Waals surface area contributed by atoms with Crippen LogP contribution in [-0.4, -0.2) is 11.7 Å². The molecule has 7 aromatic carbocycles. The molecule has 0 aliphatic heterocycles. The average molecular weight is 650 g/mol. The van der Waals surface area contributed by atoms with Crippen molar-refractivity contribution in [3.05, 3.63) is 156 Å². The smallest absolute Gasteiger partial charge is 0.158 e. The first-order valence-corrected chi connectivity index (χ1v) is 17.0. The molecular weight excluding hydrogens is 623 g/mol. The predicted octanol–water partition coefficient (Wildman–Crippen LogP) is 11.4. The minimum Gasteiger partial charge on any atom is -0.456 e. The molecule has 0 saturated heterocycles. The number of hydrogen-bond donors (Lipinski definition) is 1. The molecule has 0 saturated carbocycles. The monoisotopic (exact) mass is 649 g/mol. The minimum atomic E-state index is 0.394. The number of amidine groups is 2. The van der Waals surface area contributed by atoms with Gasteiger partial charge >= 0.3 is 0 Å². The molecular formula is C43H27N3O2S. The van der Waals surface area contributed by atoms with E-state index in [1.807, 2.05) is 48.5 Å². The Morgan fingerprint density at radius 2 is 1.29 bits per heavy atom. The molecule has 5 nitrogen and oxygen atoms in total. The summed E-state index contributed by atoms with van der Waals surface area (Å²) < 4.78 is 15.0. The summed E-state index contributed by atoms with van der Waals surface area (Å²) in [6, 6.07) is 47.7. The van der Waals surface area contributed by atoms with Crippen molar-refractivity contribution in [3.8, 4) is 0 Å². The van der Waals surface area contributed by atoms with Gasteiger partial charge in [0.05, 0.1) is 11.2 Å². The lowest BCUT2D eigenvalue weighted by molar-refractivity contribution is 0.669. The molecule has 3 heterocycles. The van der Waals surface area contributed by atoms with Crippen molar-refractivity contribution in [1.29, 1.82) is 0 Å². The third kappa shape index (κ3) is 4.45. The summed E-state index contributed by atoms with van der Waals surface area (Å²) in [6.45, 7) is 0.437. The Morgan fingerprint density at radius 3 is 2.16 bits per heavy atom. The van der Waals surface area contributed by atoms with Crippen LogP contribution in [0.25, 0.3) is 74.8 Å². The van der Waals surface area contributed by atoms with Gasteiger partial charge in [-0.25, -0.2) is 4.99 Å². The highest BCUT2D eigenvalue weighted by molar-refractivity contribution is 7.26. The number of fused-ring (bicyclic) bond motifs is 11. The highest BCUT2D eigenvalue weighted by atomic mass is 32.1. The fourth-order valence-corrected chi connectivity index (χ4v) is 8.30. The van der Waals surface area contributed by atoms with Crippen LogP contribution >= 0.6 is 11.3 Å². The second kappa shape index (κ2) is 10.9. The molecule has 0 spiro atoms. The summed E-state index contributed by atoms with van der Waals surface area (Å²) in [5.41, 5.74) is 13.3. The lowest BCUT2D eigenvalue weighted by atomic mass is 10.0. The number of furan rings is 2. The van der Waals surface area contributed by atoms with Gasteiger partial charge in [0.25, 0.3) is 0 Å². The Labute approximate surface area is 284 Å². The fraction of sp³-hybridized carbons (Fsp3) is 0.0233. The van der Waals surface area contributed by atoms with Gasteiger partial charge in [-0.2, -0.15) is 0 Å². The van der Waals surface area contributed by atoms with Crippen molar-refractivity contribution in [3.63, 3.8) is 0 Å². The zero-order valence-electron chi connectivity index (χ0n) is 26.2. The largest absolute Gasteiger partial charge is 0.456 e. The van der Waals surface area contributed by atoms with Gasteiger partial charge in [0.1, 0.15) is 28.2 Å². The van der Waals surface area contributed by atoms with Crippen molar-refractivity contribution in [2.45, 2.75) is 6.54 Å². The number of aliphatic imine (C=N–C) groups is 2. The Morgan fingerprint density at radius 1 is 0.571 bits per heavy atom. The molecule has 0 aliphatic rings. The molecule has 0 bridgehead atoms. The molecule has 0 amide bonds. The van der Waals surface area contributed by atoms with Crippen LogP contribution < -0.4 is 5.73 Å². The second-order valence-corrected chi connectivity index (χ2v) is 13.3. The predicted molar refractivity (Wildman–Crippen MR) is 205 cm³/mol. The molecule has 0 aliphatic carbocycles. The van der Waals surface area contributed by atoms with Crippen LogP contribution in [0.3, 0.4) is 0 Å². The zero-order chi connectivity index (χ0) is 32.5. The highest BCUT2D eigenvalue weighted by Crippen LogP contribution is 2.43. The molecule has 0 unspecified atom stereocenters. The standard InChI is InChI=1S/C43H27N3O2S/c44-42(33-23-32-28-12-3-6-16-34(28)48-40(32)39-30-14-5-8-19-37(30)49-41(33)39)46-43(45-24-25-20-21-26-10-1-2-11-27(26)22-25)31-15-9-18-36-38(31)29-13-4-7-17-35(29)47-36/h1-23H,24H2,(H2,44,45,46). The third-order valence-corrected chi connectivity index (χ3v) is 10.6. The van der Waals surface area contributed by atoms with Gasteiger partial charge in [0.15, 0.2) is 5.84 Å². The average Bonchev–Trinajstić information content (AvgIpc) is 3.84. The van der Waals surface area contributed by atoms with Crippen LogP contribution in [0.4, 0.5) is 0 Å². The maximum Gasteiger partial charge on any atom is 0.158 e. The maximum absolute atomic E-state index is 7.12. The first kappa shape index (κ1) is 27.8. The van der Waals surface area contributed by atoms with Crippen molar-refractivity contribution in [1.82, 2.24) is 0 Å². The topological polar surface area (TPSA) is 77.0 Å². The van der Waals surface area contributed by atoms with Crippen LogP contribution in [0.15, 0.2) is 158 Å². The third-order valence-electron chi connectivity index (χ3n) is 9.36. The van der Waals surface area contributed by atoms with Crippen molar-refractivity contribution in [2.24, 2.45) is 15.7 Å². The molecule has 0 radical (unpaired) electrons. The van der Waals surface area contributed by atoms with Gasteiger partial charge in [0.2, 0.25) is 0 Å². The van der Waals surface area contributed by atoms with Gasteiger partial charge in [-0.1, -0.05) is 103 Å². The Bertz CT molecular complexity index is 3000. The molecule has 0 fully saturated rings. The normalized spacial score (nSPS) is 12.9. The van der Waals surface area contributed by atoms with E-state index < -0.39 is 0 Å². The fourth-order valence-electron chi connectivity index (χ4n) is 7.07. The molecule has 49 heavy (non-hydrogen) atoms. The minimum absolute atomic E-state index is 0.394. The van der Waals surface area contributed by atoms with Crippen LogP contribution in [-0.2, 0) is 6.54 Å². The maximum atomic E-state index is 7.12. The SMILES string of the molecule is NC(=NC(=NCc1ccc2ccccc2c1)c1cccc2oc3ccccc3c12)c1cc2c3ccccc3oc2c2c1sc1ccccc12.